The number of hydrogen-bond acceptors (Lipinski definition) is 4. The summed E-state index contributed by atoms with van der Waals surface area (Å²) in [5.41, 5.74) is 1.02. The molecule has 0 aromatic heterocycles. The summed E-state index contributed by atoms with van der Waals surface area (Å²) in [6.45, 7) is 7.43. The predicted octanol–water partition coefficient (Wildman–Crippen LogP) is 3.87. The van der Waals surface area contributed by atoms with Gasteiger partial charge in [0.1, 0.15) is 0 Å². The molecule has 1 fully saturated rings. The molecule has 1 atom stereocenters. The third-order valence-electron chi connectivity index (χ3n) is 6.33. The molecule has 4 rings (SSSR count). The van der Waals surface area contributed by atoms with Gasteiger partial charge in [0.2, 0.25) is 0 Å². The Kier molecular flexibility index (Phi) is 6.55. The van der Waals surface area contributed by atoms with Crippen molar-refractivity contribution in [2.75, 3.05) is 36.4 Å². The number of fused-ring (bicyclic) bond motifs is 1. The van der Waals surface area contributed by atoms with Crippen molar-refractivity contribution in [3.63, 3.8) is 0 Å². The Morgan fingerprint density at radius 3 is 2.62 bits per heavy atom. The van der Waals surface area contributed by atoms with Crippen LogP contribution in [0, 0.1) is 13.8 Å². The first-order chi connectivity index (χ1) is 15.3. The molecule has 2 aliphatic rings. The third kappa shape index (κ3) is 4.27. The zero-order valence-corrected chi connectivity index (χ0v) is 20.0. The van der Waals surface area contributed by atoms with Crippen LogP contribution >= 0.6 is 15.9 Å². The molecule has 0 saturated carbocycles. The van der Waals surface area contributed by atoms with Gasteiger partial charge in [0, 0.05) is 22.3 Å². The van der Waals surface area contributed by atoms with E-state index in [0.717, 1.165) is 42.1 Å². The van der Waals surface area contributed by atoms with Crippen LogP contribution in [0.2, 0.25) is 0 Å². The maximum absolute atomic E-state index is 13.5. The number of anilines is 2. The lowest BCUT2D eigenvalue weighted by molar-refractivity contribution is -0.140. The highest BCUT2D eigenvalue weighted by Gasteiger charge is 2.52. The number of rotatable bonds is 6. The lowest BCUT2D eigenvalue weighted by Gasteiger charge is -2.43. The van der Waals surface area contributed by atoms with Crippen LogP contribution in [0.5, 0.6) is 0 Å². The standard InChI is InChI=1S/C24H29BrN4O3/c1-16-6-8-19(14-17(16)2)29-23(31)27-21-9-7-18(25)15-20(21)24(29,32)22(30)26-10-5-13-28-11-3-4-12-28/h6-9,14-15,32H,3-5,10-13H2,1-2H3,(H,26,30)(H,27,31). The number of benzene rings is 2. The van der Waals surface area contributed by atoms with Crippen molar-refractivity contribution in [3.8, 4) is 0 Å². The number of aliphatic hydroxyl groups is 1. The molecule has 32 heavy (non-hydrogen) atoms. The van der Waals surface area contributed by atoms with Gasteiger partial charge in [-0.25, -0.2) is 4.79 Å². The van der Waals surface area contributed by atoms with Gasteiger partial charge in [-0.1, -0.05) is 22.0 Å². The van der Waals surface area contributed by atoms with Crippen LogP contribution in [0.4, 0.5) is 16.2 Å². The van der Waals surface area contributed by atoms with Crippen molar-refractivity contribution in [3.05, 3.63) is 57.6 Å². The quantitative estimate of drug-likeness (QED) is 0.525. The zero-order valence-electron chi connectivity index (χ0n) is 18.4. The number of amides is 3. The minimum atomic E-state index is -2.18. The van der Waals surface area contributed by atoms with Crippen molar-refractivity contribution in [1.29, 1.82) is 0 Å². The molecule has 3 amide bonds. The fourth-order valence-corrected chi connectivity index (χ4v) is 4.74. The van der Waals surface area contributed by atoms with Crippen LogP contribution in [0.1, 0.15) is 36.0 Å². The van der Waals surface area contributed by atoms with Crippen molar-refractivity contribution in [2.45, 2.75) is 38.8 Å². The lowest BCUT2D eigenvalue weighted by Crippen LogP contribution is -2.62. The van der Waals surface area contributed by atoms with E-state index in [1.807, 2.05) is 26.0 Å². The number of carbonyl (C=O) groups excluding carboxylic acids is 2. The van der Waals surface area contributed by atoms with E-state index in [9.17, 15) is 14.7 Å². The van der Waals surface area contributed by atoms with E-state index in [4.69, 9.17) is 0 Å². The van der Waals surface area contributed by atoms with Gasteiger partial charge >= 0.3 is 6.03 Å². The molecule has 1 saturated heterocycles. The maximum atomic E-state index is 13.5. The van der Waals surface area contributed by atoms with E-state index in [0.29, 0.717) is 28.0 Å². The Labute approximate surface area is 196 Å². The molecule has 2 aromatic carbocycles. The Morgan fingerprint density at radius 2 is 1.91 bits per heavy atom. The predicted molar refractivity (Wildman–Crippen MR) is 129 cm³/mol. The summed E-state index contributed by atoms with van der Waals surface area (Å²) in [5, 5.41) is 17.6. The minimum Gasteiger partial charge on any atom is -0.359 e. The molecular weight excluding hydrogens is 472 g/mol. The van der Waals surface area contributed by atoms with Crippen molar-refractivity contribution >= 4 is 39.2 Å². The summed E-state index contributed by atoms with van der Waals surface area (Å²) < 4.78 is 0.702. The highest BCUT2D eigenvalue weighted by molar-refractivity contribution is 9.10. The maximum Gasteiger partial charge on any atom is 0.329 e. The van der Waals surface area contributed by atoms with Crippen LogP contribution in [0.25, 0.3) is 0 Å². The SMILES string of the molecule is Cc1ccc(N2C(=O)Nc3ccc(Br)cc3C2(O)C(=O)NCCCN2CCCC2)cc1C. The van der Waals surface area contributed by atoms with E-state index < -0.39 is 17.7 Å². The fourth-order valence-electron chi connectivity index (χ4n) is 4.38. The Balaban J connectivity index is 1.65. The Bertz CT molecular complexity index is 1040. The first-order valence-corrected chi connectivity index (χ1v) is 11.8. The van der Waals surface area contributed by atoms with E-state index >= 15 is 0 Å². The lowest BCUT2D eigenvalue weighted by atomic mass is 9.94. The van der Waals surface area contributed by atoms with Gasteiger partial charge < -0.3 is 20.6 Å². The second-order valence-electron chi connectivity index (χ2n) is 8.55. The van der Waals surface area contributed by atoms with Gasteiger partial charge in [0.05, 0.1) is 5.69 Å². The molecule has 8 heteroatoms. The van der Waals surface area contributed by atoms with Gasteiger partial charge in [-0.3, -0.25) is 9.69 Å². The Hall–Kier alpha value is -2.42. The van der Waals surface area contributed by atoms with Crippen molar-refractivity contribution < 1.29 is 14.7 Å². The molecular formula is C24H29BrN4O3. The number of halogens is 1. The van der Waals surface area contributed by atoms with E-state index in [1.54, 1.807) is 24.3 Å². The molecule has 170 valence electrons. The molecule has 2 aliphatic heterocycles. The summed E-state index contributed by atoms with van der Waals surface area (Å²) in [7, 11) is 0. The normalized spacial score (nSPS) is 20.8. The smallest absolute Gasteiger partial charge is 0.329 e. The molecule has 2 aromatic rings. The number of nitrogens with one attached hydrogen (secondary N) is 2. The number of urea groups is 1. The molecule has 7 nitrogen and oxygen atoms in total. The summed E-state index contributed by atoms with van der Waals surface area (Å²) in [6, 6.07) is 9.99. The first kappa shape index (κ1) is 22.8. The summed E-state index contributed by atoms with van der Waals surface area (Å²) in [5.74, 6) is -0.619. The zero-order chi connectivity index (χ0) is 22.9. The molecule has 1 unspecified atom stereocenters. The van der Waals surface area contributed by atoms with Gasteiger partial charge in [-0.15, -0.1) is 0 Å². The van der Waals surface area contributed by atoms with Crippen molar-refractivity contribution in [2.24, 2.45) is 0 Å². The molecule has 3 N–H and O–H groups in total. The molecule has 2 heterocycles. The average Bonchev–Trinajstić information content (AvgIpc) is 3.28. The van der Waals surface area contributed by atoms with Gasteiger partial charge in [-0.2, -0.15) is 0 Å². The number of carbonyl (C=O) groups is 2. The monoisotopic (exact) mass is 500 g/mol. The second-order valence-corrected chi connectivity index (χ2v) is 9.47. The highest BCUT2D eigenvalue weighted by Crippen LogP contribution is 2.41. The minimum absolute atomic E-state index is 0.321. The van der Waals surface area contributed by atoms with Crippen LogP contribution in [-0.2, 0) is 10.5 Å². The molecule has 0 spiro atoms. The van der Waals surface area contributed by atoms with E-state index in [1.165, 1.54) is 12.8 Å². The highest BCUT2D eigenvalue weighted by atomic mass is 79.9. The number of hydrogen-bond donors (Lipinski definition) is 3. The van der Waals surface area contributed by atoms with E-state index in [2.05, 4.69) is 31.5 Å². The van der Waals surface area contributed by atoms with Gasteiger partial charge in [-0.05, 0) is 94.2 Å². The number of likely N-dealkylation sites (tertiary alicyclic amines) is 1. The average molecular weight is 501 g/mol. The van der Waals surface area contributed by atoms with Crippen molar-refractivity contribution in [1.82, 2.24) is 10.2 Å². The summed E-state index contributed by atoms with van der Waals surface area (Å²) in [4.78, 5) is 30.1. The molecule has 0 aliphatic carbocycles. The van der Waals surface area contributed by atoms with Crippen LogP contribution in [-0.4, -0.2) is 48.1 Å². The van der Waals surface area contributed by atoms with Gasteiger partial charge in [0.25, 0.3) is 11.6 Å². The fraction of sp³-hybridized carbons (Fsp3) is 0.417. The third-order valence-corrected chi connectivity index (χ3v) is 6.82. The molecule has 0 bridgehead atoms. The van der Waals surface area contributed by atoms with Crippen LogP contribution < -0.4 is 15.5 Å². The van der Waals surface area contributed by atoms with Gasteiger partial charge in [0.15, 0.2) is 0 Å². The topological polar surface area (TPSA) is 84.9 Å². The number of aryl methyl sites for hydroxylation is 2. The second kappa shape index (κ2) is 9.21. The molecule has 0 radical (unpaired) electrons. The van der Waals surface area contributed by atoms with Crippen LogP contribution in [0.15, 0.2) is 40.9 Å². The Morgan fingerprint density at radius 1 is 1.16 bits per heavy atom. The van der Waals surface area contributed by atoms with Crippen LogP contribution in [0.3, 0.4) is 0 Å². The largest absolute Gasteiger partial charge is 0.359 e. The summed E-state index contributed by atoms with van der Waals surface area (Å²) >= 11 is 3.43. The first-order valence-electron chi connectivity index (χ1n) is 11.0. The van der Waals surface area contributed by atoms with E-state index in [-0.39, 0.29) is 0 Å². The summed E-state index contributed by atoms with van der Waals surface area (Å²) in [6.07, 6.45) is 3.22. The number of nitrogens with zero attached hydrogens (tertiary/aromatic N) is 2.